The molecule has 5 heteroatoms. The van der Waals surface area contributed by atoms with Crippen LogP contribution in [0.5, 0.6) is 0 Å². The van der Waals surface area contributed by atoms with E-state index < -0.39 is 0 Å². The van der Waals surface area contributed by atoms with Crippen molar-refractivity contribution in [2.75, 3.05) is 44.0 Å². The molecule has 5 nitrogen and oxygen atoms in total. The van der Waals surface area contributed by atoms with Crippen LogP contribution in [0.3, 0.4) is 0 Å². The second-order valence-electron chi connectivity index (χ2n) is 5.34. The molecule has 1 saturated heterocycles. The number of hydrogen-bond donors (Lipinski definition) is 1. The molecule has 0 bridgehead atoms. The highest BCUT2D eigenvalue weighted by Gasteiger charge is 2.22. The van der Waals surface area contributed by atoms with Crippen molar-refractivity contribution in [3.63, 3.8) is 0 Å². The molecular formula is C16H24N2O3. The number of benzene rings is 1. The van der Waals surface area contributed by atoms with Crippen molar-refractivity contribution in [2.24, 2.45) is 5.92 Å². The van der Waals surface area contributed by atoms with Gasteiger partial charge in [-0.3, -0.25) is 0 Å². The molecule has 1 aliphatic heterocycles. The van der Waals surface area contributed by atoms with Crippen molar-refractivity contribution in [3.05, 3.63) is 23.8 Å². The number of nitrogens with zero attached hydrogens (tertiary/aromatic N) is 1. The summed E-state index contributed by atoms with van der Waals surface area (Å²) < 4.78 is 10.3. The summed E-state index contributed by atoms with van der Waals surface area (Å²) in [5.74, 6) is 0.256. The van der Waals surface area contributed by atoms with Crippen molar-refractivity contribution in [1.82, 2.24) is 0 Å². The van der Waals surface area contributed by atoms with Crippen molar-refractivity contribution in [3.8, 4) is 0 Å². The van der Waals surface area contributed by atoms with E-state index in [0.29, 0.717) is 23.8 Å². The van der Waals surface area contributed by atoms with Crippen molar-refractivity contribution in [2.45, 2.75) is 19.8 Å². The van der Waals surface area contributed by atoms with Gasteiger partial charge in [0.25, 0.3) is 0 Å². The maximum atomic E-state index is 11.9. The average Bonchev–Trinajstić information content (AvgIpc) is 2.49. The highest BCUT2D eigenvalue weighted by Crippen LogP contribution is 2.30. The van der Waals surface area contributed by atoms with Gasteiger partial charge in [0.2, 0.25) is 0 Å². The first-order valence-electron chi connectivity index (χ1n) is 7.46. The van der Waals surface area contributed by atoms with Crippen molar-refractivity contribution >= 4 is 17.3 Å². The summed E-state index contributed by atoms with van der Waals surface area (Å²) in [6.07, 6.45) is 2.16. The number of carbonyl (C=O) groups is 1. The van der Waals surface area contributed by atoms with Crippen LogP contribution in [0.2, 0.25) is 0 Å². The first kappa shape index (κ1) is 15.6. The fraction of sp³-hybridized carbons (Fsp3) is 0.562. The molecule has 0 saturated carbocycles. The zero-order valence-corrected chi connectivity index (χ0v) is 12.8. The van der Waals surface area contributed by atoms with Crippen LogP contribution in [0.25, 0.3) is 0 Å². The third-order valence-electron chi connectivity index (χ3n) is 3.94. The summed E-state index contributed by atoms with van der Waals surface area (Å²) in [5.41, 5.74) is 8.07. The van der Waals surface area contributed by atoms with Gasteiger partial charge in [0.1, 0.15) is 0 Å². The highest BCUT2D eigenvalue weighted by atomic mass is 16.5. The lowest BCUT2D eigenvalue weighted by molar-refractivity contribution is 0.0527. The number of piperidine rings is 1. The maximum absolute atomic E-state index is 11.9. The van der Waals surface area contributed by atoms with E-state index >= 15 is 0 Å². The van der Waals surface area contributed by atoms with Crippen LogP contribution in [0.4, 0.5) is 11.4 Å². The Morgan fingerprint density at radius 3 is 2.71 bits per heavy atom. The van der Waals surface area contributed by atoms with Gasteiger partial charge >= 0.3 is 5.97 Å². The molecule has 21 heavy (non-hydrogen) atoms. The third kappa shape index (κ3) is 3.67. The van der Waals surface area contributed by atoms with E-state index in [9.17, 15) is 4.79 Å². The molecule has 1 fully saturated rings. The standard InChI is InChI=1S/C16H24N2O3/c1-3-21-16(19)13-5-4-6-14(15(13)17)18-9-7-12(8-10-18)11-20-2/h4-6,12H,3,7-11,17H2,1-2H3. The van der Waals surface area contributed by atoms with Crippen LogP contribution in [0, 0.1) is 5.92 Å². The minimum Gasteiger partial charge on any atom is -0.462 e. The van der Waals surface area contributed by atoms with Gasteiger partial charge in [0.15, 0.2) is 0 Å². The molecular weight excluding hydrogens is 268 g/mol. The number of methoxy groups -OCH3 is 1. The Hall–Kier alpha value is -1.75. The fourth-order valence-corrected chi connectivity index (χ4v) is 2.79. The lowest BCUT2D eigenvalue weighted by Crippen LogP contribution is -2.35. The molecule has 0 aliphatic carbocycles. The van der Waals surface area contributed by atoms with Gasteiger partial charge in [-0.25, -0.2) is 4.79 Å². The topological polar surface area (TPSA) is 64.8 Å². The number of para-hydroxylation sites is 1. The van der Waals surface area contributed by atoms with Crippen molar-refractivity contribution in [1.29, 1.82) is 0 Å². The zero-order chi connectivity index (χ0) is 15.2. The molecule has 1 heterocycles. The Labute approximate surface area is 126 Å². The van der Waals surface area contributed by atoms with Gasteiger partial charge < -0.3 is 20.1 Å². The monoisotopic (exact) mass is 292 g/mol. The molecule has 0 atom stereocenters. The smallest absolute Gasteiger partial charge is 0.340 e. The third-order valence-corrected chi connectivity index (χ3v) is 3.94. The minimum absolute atomic E-state index is 0.352. The van der Waals surface area contributed by atoms with Gasteiger partial charge in [0.05, 0.1) is 23.5 Å². The number of nitrogen functional groups attached to an aromatic ring is 1. The van der Waals surface area contributed by atoms with Gasteiger partial charge in [-0.05, 0) is 37.8 Å². The molecule has 1 aromatic rings. The number of anilines is 2. The number of rotatable bonds is 5. The quantitative estimate of drug-likeness (QED) is 0.666. The van der Waals surface area contributed by atoms with E-state index in [1.54, 1.807) is 20.1 Å². The van der Waals surface area contributed by atoms with E-state index in [2.05, 4.69) is 4.90 Å². The van der Waals surface area contributed by atoms with E-state index in [1.165, 1.54) is 0 Å². The predicted molar refractivity (Wildman–Crippen MR) is 83.6 cm³/mol. The lowest BCUT2D eigenvalue weighted by Gasteiger charge is -2.34. The molecule has 0 spiro atoms. The molecule has 0 unspecified atom stereocenters. The van der Waals surface area contributed by atoms with Gasteiger partial charge in [-0.1, -0.05) is 6.07 Å². The Balaban J connectivity index is 2.11. The van der Waals surface area contributed by atoms with Gasteiger partial charge in [0, 0.05) is 26.8 Å². The zero-order valence-electron chi connectivity index (χ0n) is 12.8. The maximum Gasteiger partial charge on any atom is 0.340 e. The summed E-state index contributed by atoms with van der Waals surface area (Å²) in [6.45, 7) is 4.82. The van der Waals surface area contributed by atoms with Gasteiger partial charge in [-0.15, -0.1) is 0 Å². The molecule has 2 N–H and O–H groups in total. The average molecular weight is 292 g/mol. The van der Waals surface area contributed by atoms with E-state index in [0.717, 1.165) is 38.2 Å². The van der Waals surface area contributed by atoms with Gasteiger partial charge in [-0.2, -0.15) is 0 Å². The Morgan fingerprint density at radius 1 is 1.38 bits per heavy atom. The highest BCUT2D eigenvalue weighted by molar-refractivity contribution is 5.98. The number of carbonyl (C=O) groups excluding carboxylic acids is 1. The second kappa shape index (κ2) is 7.31. The van der Waals surface area contributed by atoms with Crippen molar-refractivity contribution < 1.29 is 14.3 Å². The van der Waals surface area contributed by atoms with Crippen LogP contribution < -0.4 is 10.6 Å². The van der Waals surface area contributed by atoms with Crippen LogP contribution >= 0.6 is 0 Å². The Bertz CT molecular complexity index is 482. The lowest BCUT2D eigenvalue weighted by atomic mass is 9.97. The second-order valence-corrected chi connectivity index (χ2v) is 5.34. The summed E-state index contributed by atoms with van der Waals surface area (Å²) in [6, 6.07) is 5.54. The Morgan fingerprint density at radius 2 is 2.10 bits per heavy atom. The number of hydrogen-bond acceptors (Lipinski definition) is 5. The summed E-state index contributed by atoms with van der Waals surface area (Å²) in [7, 11) is 1.74. The molecule has 0 radical (unpaired) electrons. The Kier molecular flexibility index (Phi) is 5.44. The largest absolute Gasteiger partial charge is 0.462 e. The molecule has 116 valence electrons. The number of nitrogens with two attached hydrogens (primary N) is 1. The van der Waals surface area contributed by atoms with Crippen LogP contribution in [-0.2, 0) is 9.47 Å². The normalized spacial score (nSPS) is 16.0. The summed E-state index contributed by atoms with van der Waals surface area (Å²) in [5, 5.41) is 0. The molecule has 1 aliphatic rings. The van der Waals surface area contributed by atoms with Crippen LogP contribution in [0.1, 0.15) is 30.1 Å². The summed E-state index contributed by atoms with van der Waals surface area (Å²) in [4.78, 5) is 14.1. The SMILES string of the molecule is CCOC(=O)c1cccc(N2CCC(COC)CC2)c1N. The van der Waals surface area contributed by atoms with Crippen LogP contribution in [-0.4, -0.2) is 39.4 Å². The predicted octanol–water partition coefficient (Wildman–Crippen LogP) is 2.31. The minimum atomic E-state index is -0.355. The van der Waals surface area contributed by atoms with Crippen LogP contribution in [0.15, 0.2) is 18.2 Å². The molecule has 1 aromatic carbocycles. The first-order chi connectivity index (χ1) is 10.2. The molecule has 0 aromatic heterocycles. The number of esters is 1. The molecule has 0 amide bonds. The van der Waals surface area contributed by atoms with E-state index in [-0.39, 0.29) is 5.97 Å². The van der Waals surface area contributed by atoms with E-state index in [4.69, 9.17) is 15.2 Å². The number of ether oxygens (including phenoxy) is 2. The first-order valence-corrected chi connectivity index (χ1v) is 7.46. The molecule has 2 rings (SSSR count). The summed E-state index contributed by atoms with van der Waals surface area (Å²) >= 11 is 0. The van der Waals surface area contributed by atoms with E-state index in [1.807, 2.05) is 12.1 Å². The fourth-order valence-electron chi connectivity index (χ4n) is 2.79.